The Morgan fingerprint density at radius 3 is 1.79 bits per heavy atom. The van der Waals surface area contributed by atoms with Crippen molar-refractivity contribution in [3.63, 3.8) is 0 Å². The topological polar surface area (TPSA) is 59.8 Å². The van der Waals surface area contributed by atoms with Crippen LogP contribution < -0.4 is 9.80 Å². The van der Waals surface area contributed by atoms with Gasteiger partial charge in [0.05, 0.1) is 12.2 Å². The van der Waals surface area contributed by atoms with E-state index in [1.165, 1.54) is 38.7 Å². The minimum absolute atomic E-state index is 0. The molecule has 53 heavy (non-hydrogen) atoms. The van der Waals surface area contributed by atoms with Gasteiger partial charge >= 0.3 is 20.1 Å². The van der Waals surface area contributed by atoms with Crippen LogP contribution in [0.3, 0.4) is 0 Å². The number of nitrogens with zero attached hydrogens (tertiary/aromatic N) is 3. The molecular formula is C47H50IrN3O2. The fourth-order valence-corrected chi connectivity index (χ4v) is 6.20. The smallest absolute Gasteiger partial charge is 0.500 e. The predicted octanol–water partition coefficient (Wildman–Crippen LogP) is 11.2. The molecule has 0 saturated heterocycles. The Hall–Kier alpha value is -4.58. The molecule has 274 valence electrons. The van der Waals surface area contributed by atoms with Gasteiger partial charge in [0, 0.05) is 11.9 Å². The van der Waals surface area contributed by atoms with E-state index in [1.807, 2.05) is 66.9 Å². The zero-order valence-corrected chi connectivity index (χ0v) is 33.8. The fraction of sp³-hybridized carbons (Fsp3) is 0.234. The van der Waals surface area contributed by atoms with Gasteiger partial charge in [0.15, 0.2) is 0 Å². The Morgan fingerprint density at radius 2 is 1.23 bits per heavy atom. The summed E-state index contributed by atoms with van der Waals surface area (Å²) in [5.41, 5.74) is 9.68. The average molecular weight is 881 g/mol. The molecule has 0 saturated carbocycles. The van der Waals surface area contributed by atoms with Gasteiger partial charge in [0.1, 0.15) is 0 Å². The standard InChI is InChI=1S/C27H28N2.C15H10N.C5H12O2.Ir/c1-20(2)25-17-23(22-11-7-5-8-12-22)18-26(21(3)4)27(25)29-16-15-28(19-29)24-13-9-6-10-14-24;1-2-7-13(8-3-1)15-14-9-5-4-6-12(14)10-11-16-15;1-4(6)3-5(2)7;/h5-13,15-21H,1-4H3;1-7,9-11H;4-7H,3H2,1-2H3;/q-2;-1;;+3. The molecule has 0 spiro atoms. The summed E-state index contributed by atoms with van der Waals surface area (Å²) in [5.74, 6) is 0.843. The minimum atomic E-state index is -0.375. The van der Waals surface area contributed by atoms with E-state index in [4.69, 9.17) is 10.2 Å². The molecule has 6 aromatic rings. The van der Waals surface area contributed by atoms with Crippen LogP contribution in [0.25, 0.3) is 33.2 Å². The van der Waals surface area contributed by atoms with Crippen molar-refractivity contribution in [1.82, 2.24) is 4.98 Å². The van der Waals surface area contributed by atoms with E-state index < -0.39 is 0 Å². The average Bonchev–Trinajstić information content (AvgIpc) is 3.65. The second-order valence-corrected chi connectivity index (χ2v) is 13.7. The van der Waals surface area contributed by atoms with Gasteiger partial charge in [-0.2, -0.15) is 30.3 Å². The number of fused-ring (bicyclic) bond motifs is 1. The van der Waals surface area contributed by atoms with Crippen LogP contribution in [0.4, 0.5) is 11.4 Å². The molecular weight excluding hydrogens is 831 g/mol. The number of hydrogen-bond acceptors (Lipinski definition) is 5. The molecule has 2 N–H and O–H groups in total. The van der Waals surface area contributed by atoms with E-state index in [0.717, 1.165) is 16.9 Å². The van der Waals surface area contributed by atoms with E-state index in [-0.39, 0.29) is 32.3 Å². The Kier molecular flexibility index (Phi) is 15.6. The van der Waals surface area contributed by atoms with Crippen LogP contribution in [0, 0.1) is 18.8 Å². The summed E-state index contributed by atoms with van der Waals surface area (Å²) < 4.78 is 0. The van der Waals surface area contributed by atoms with Crippen molar-refractivity contribution in [2.45, 2.75) is 72.0 Å². The van der Waals surface area contributed by atoms with Crippen molar-refractivity contribution in [3.8, 4) is 22.4 Å². The predicted molar refractivity (Wildman–Crippen MR) is 218 cm³/mol. The van der Waals surface area contributed by atoms with Gasteiger partial charge in [-0.25, -0.2) is 0 Å². The summed E-state index contributed by atoms with van der Waals surface area (Å²) >= 11 is 0. The molecule has 5 nitrogen and oxygen atoms in total. The zero-order chi connectivity index (χ0) is 37.0. The fourth-order valence-electron chi connectivity index (χ4n) is 6.20. The van der Waals surface area contributed by atoms with Crippen molar-refractivity contribution in [1.29, 1.82) is 0 Å². The largest absolute Gasteiger partial charge is 3.00 e. The summed E-state index contributed by atoms with van der Waals surface area (Å²) in [7, 11) is 0. The first-order valence-electron chi connectivity index (χ1n) is 18.1. The van der Waals surface area contributed by atoms with Crippen LogP contribution >= 0.6 is 0 Å². The number of aliphatic hydroxyl groups excluding tert-OH is 2. The number of benzene rings is 5. The van der Waals surface area contributed by atoms with Gasteiger partial charge in [-0.15, -0.1) is 48.3 Å². The first kappa shape index (κ1) is 41.2. The summed E-state index contributed by atoms with van der Waals surface area (Å²) in [6.07, 6.45) is 5.82. The molecule has 2 heterocycles. The summed E-state index contributed by atoms with van der Waals surface area (Å²) in [6.45, 7) is 14.6. The normalized spacial score (nSPS) is 13.2. The van der Waals surface area contributed by atoms with Crippen LogP contribution in [-0.2, 0) is 20.1 Å². The number of pyridine rings is 1. The Morgan fingerprint density at radius 1 is 0.642 bits per heavy atom. The van der Waals surface area contributed by atoms with Gasteiger partial charge < -0.3 is 25.0 Å². The van der Waals surface area contributed by atoms with Crippen LogP contribution in [0.1, 0.15) is 70.9 Å². The molecule has 5 aromatic carbocycles. The molecule has 2 unspecified atom stereocenters. The van der Waals surface area contributed by atoms with Crippen molar-refractivity contribution in [2.24, 2.45) is 0 Å². The molecule has 0 amide bonds. The van der Waals surface area contributed by atoms with Crippen molar-refractivity contribution < 1.29 is 30.3 Å². The van der Waals surface area contributed by atoms with E-state index in [2.05, 4.69) is 134 Å². The van der Waals surface area contributed by atoms with Crippen LogP contribution in [-0.4, -0.2) is 27.4 Å². The monoisotopic (exact) mass is 881 g/mol. The summed E-state index contributed by atoms with van der Waals surface area (Å²) in [4.78, 5) is 8.83. The number of anilines is 2. The number of para-hydroxylation sites is 1. The van der Waals surface area contributed by atoms with E-state index in [9.17, 15) is 0 Å². The van der Waals surface area contributed by atoms with Crippen molar-refractivity contribution in [3.05, 3.63) is 170 Å². The third kappa shape index (κ3) is 11.2. The molecule has 7 rings (SSSR count). The number of rotatable bonds is 8. The maximum atomic E-state index is 8.56. The SMILES string of the molecule is CC(C)c1cc(-c2ccccc2)cc(C(C)C)c1N1C=CN(c2[c-]cccc2)[CH-]1.CC(O)CC(C)O.[Ir+3].[c-]1ccccc1-c1nccc2ccccc12. The number of hydrogen-bond donors (Lipinski definition) is 2. The molecule has 0 fully saturated rings. The molecule has 1 aliphatic heterocycles. The summed E-state index contributed by atoms with van der Waals surface area (Å²) in [6, 6.07) is 48.2. The zero-order valence-electron chi connectivity index (χ0n) is 31.4. The van der Waals surface area contributed by atoms with Crippen LogP contribution in [0.2, 0.25) is 0 Å². The van der Waals surface area contributed by atoms with Gasteiger partial charge in [-0.3, -0.25) is 0 Å². The first-order chi connectivity index (χ1) is 25.1. The second kappa shape index (κ2) is 20.0. The first-order valence-corrected chi connectivity index (χ1v) is 18.1. The molecule has 6 heteroatoms. The second-order valence-electron chi connectivity index (χ2n) is 13.7. The molecule has 1 aromatic heterocycles. The van der Waals surface area contributed by atoms with E-state index >= 15 is 0 Å². The Labute approximate surface area is 330 Å². The van der Waals surface area contributed by atoms with Crippen LogP contribution in [0.15, 0.2) is 140 Å². The molecule has 0 bridgehead atoms. The maximum absolute atomic E-state index is 8.56. The van der Waals surface area contributed by atoms with Gasteiger partial charge in [-0.1, -0.05) is 82.3 Å². The van der Waals surface area contributed by atoms with Crippen LogP contribution in [0.5, 0.6) is 0 Å². The molecule has 0 aliphatic carbocycles. The maximum Gasteiger partial charge on any atom is 3.00 e. The van der Waals surface area contributed by atoms with Crippen molar-refractivity contribution >= 4 is 22.1 Å². The van der Waals surface area contributed by atoms with Gasteiger partial charge in [-0.05, 0) is 101 Å². The van der Waals surface area contributed by atoms with Gasteiger partial charge in [0.25, 0.3) is 0 Å². The van der Waals surface area contributed by atoms with Crippen molar-refractivity contribution in [2.75, 3.05) is 9.80 Å². The number of aromatic nitrogens is 1. The van der Waals surface area contributed by atoms with Gasteiger partial charge in [0.2, 0.25) is 0 Å². The quantitative estimate of drug-likeness (QED) is 0.149. The van der Waals surface area contributed by atoms with E-state index in [1.54, 1.807) is 13.8 Å². The minimum Gasteiger partial charge on any atom is -0.500 e. The Bertz CT molecular complexity index is 1970. The number of aliphatic hydroxyl groups is 2. The third-order valence-electron chi connectivity index (χ3n) is 8.71. The molecule has 2 atom stereocenters. The third-order valence-corrected chi connectivity index (χ3v) is 8.71. The van der Waals surface area contributed by atoms with E-state index in [0.29, 0.717) is 18.3 Å². The summed E-state index contributed by atoms with van der Waals surface area (Å²) in [5, 5.41) is 19.5. The molecule has 1 aliphatic rings. The molecule has 0 radical (unpaired) electrons. The Balaban J connectivity index is 0.000000218.